The molecule has 8 heteroatoms. The third-order valence-electron chi connectivity index (χ3n) is 4.63. The van der Waals surface area contributed by atoms with Gasteiger partial charge < -0.3 is 9.80 Å². The minimum atomic E-state index is -4.44. The minimum absolute atomic E-state index is 0.165. The number of carbonyl (C=O) groups is 2. The number of nitrogens with zero attached hydrogens (tertiary/aromatic N) is 2. The molecular formula is C21H18ClF3N2O2. The predicted octanol–water partition coefficient (Wildman–Crippen LogP) is 4.36. The van der Waals surface area contributed by atoms with Gasteiger partial charge in [-0.3, -0.25) is 9.59 Å². The molecule has 0 radical (unpaired) electrons. The van der Waals surface area contributed by atoms with E-state index in [2.05, 4.69) is 0 Å². The Bertz CT molecular complexity index is 901. The minimum Gasteiger partial charge on any atom is -0.336 e. The second-order valence-corrected chi connectivity index (χ2v) is 7.01. The third kappa shape index (κ3) is 5.38. The van der Waals surface area contributed by atoms with Crippen LogP contribution >= 0.6 is 11.6 Å². The molecule has 0 unspecified atom stereocenters. The van der Waals surface area contributed by atoms with Crippen molar-refractivity contribution in [3.8, 4) is 0 Å². The van der Waals surface area contributed by atoms with Crippen molar-refractivity contribution in [1.29, 1.82) is 0 Å². The van der Waals surface area contributed by atoms with Crippen LogP contribution in [-0.4, -0.2) is 47.8 Å². The Kier molecular flexibility index (Phi) is 6.27. The summed E-state index contributed by atoms with van der Waals surface area (Å²) in [5.41, 5.74) is 0.246. The van der Waals surface area contributed by atoms with Gasteiger partial charge in [-0.25, -0.2) is 0 Å². The highest BCUT2D eigenvalue weighted by Crippen LogP contribution is 2.29. The first-order chi connectivity index (χ1) is 13.7. The molecule has 1 heterocycles. The zero-order valence-corrected chi connectivity index (χ0v) is 16.1. The van der Waals surface area contributed by atoms with Crippen molar-refractivity contribution < 1.29 is 22.8 Å². The van der Waals surface area contributed by atoms with Crippen LogP contribution in [0.1, 0.15) is 21.5 Å². The van der Waals surface area contributed by atoms with Crippen molar-refractivity contribution >= 4 is 29.5 Å². The van der Waals surface area contributed by atoms with Crippen LogP contribution in [0.15, 0.2) is 54.6 Å². The van der Waals surface area contributed by atoms with Crippen molar-refractivity contribution in [2.24, 2.45) is 0 Å². The van der Waals surface area contributed by atoms with Crippen molar-refractivity contribution in [3.05, 3.63) is 76.3 Å². The molecule has 1 fully saturated rings. The Morgan fingerprint density at radius 3 is 1.97 bits per heavy atom. The van der Waals surface area contributed by atoms with Gasteiger partial charge in [-0.1, -0.05) is 23.7 Å². The first kappa shape index (κ1) is 20.9. The van der Waals surface area contributed by atoms with E-state index in [0.717, 1.165) is 17.7 Å². The van der Waals surface area contributed by atoms with Gasteiger partial charge in [0.15, 0.2) is 0 Å². The van der Waals surface area contributed by atoms with Crippen LogP contribution in [0.3, 0.4) is 0 Å². The highest BCUT2D eigenvalue weighted by atomic mass is 35.5. The van der Waals surface area contributed by atoms with E-state index in [1.54, 1.807) is 35.2 Å². The molecule has 1 aliphatic rings. The summed E-state index contributed by atoms with van der Waals surface area (Å²) >= 11 is 5.83. The number of piperazine rings is 1. The van der Waals surface area contributed by atoms with Crippen LogP contribution in [0.2, 0.25) is 5.02 Å². The van der Waals surface area contributed by atoms with Crippen LogP contribution < -0.4 is 0 Å². The lowest BCUT2D eigenvalue weighted by Gasteiger charge is -2.34. The molecule has 2 aromatic rings. The van der Waals surface area contributed by atoms with Crippen LogP contribution in [0.25, 0.3) is 6.08 Å². The van der Waals surface area contributed by atoms with Gasteiger partial charge in [0, 0.05) is 42.8 Å². The second kappa shape index (κ2) is 8.69. The fourth-order valence-corrected chi connectivity index (χ4v) is 3.09. The lowest BCUT2D eigenvalue weighted by atomic mass is 10.1. The quantitative estimate of drug-likeness (QED) is 0.690. The second-order valence-electron chi connectivity index (χ2n) is 6.58. The SMILES string of the molecule is O=C(/C=C/c1ccc(Cl)cc1)N1CCN(C(=O)c2ccc(C(F)(F)F)cc2)CC1. The van der Waals surface area contributed by atoms with Crippen LogP contribution in [-0.2, 0) is 11.0 Å². The van der Waals surface area contributed by atoms with Gasteiger partial charge in [-0.15, -0.1) is 0 Å². The molecule has 0 bridgehead atoms. The zero-order chi connectivity index (χ0) is 21.0. The number of amides is 2. The Balaban J connectivity index is 1.55. The molecule has 0 aromatic heterocycles. The summed E-state index contributed by atoms with van der Waals surface area (Å²) in [7, 11) is 0. The normalized spacial score (nSPS) is 15.0. The molecule has 29 heavy (non-hydrogen) atoms. The van der Waals surface area contributed by atoms with Gasteiger partial charge in [0.05, 0.1) is 5.56 Å². The molecular weight excluding hydrogens is 405 g/mol. The van der Waals surface area contributed by atoms with Crippen molar-refractivity contribution in [1.82, 2.24) is 9.80 Å². The molecule has 152 valence electrons. The highest BCUT2D eigenvalue weighted by molar-refractivity contribution is 6.30. The fraction of sp³-hybridized carbons (Fsp3) is 0.238. The van der Waals surface area contributed by atoms with E-state index in [9.17, 15) is 22.8 Å². The van der Waals surface area contributed by atoms with Crippen LogP contribution in [0, 0.1) is 0 Å². The van der Waals surface area contributed by atoms with E-state index >= 15 is 0 Å². The largest absolute Gasteiger partial charge is 0.416 e. The van der Waals surface area contributed by atoms with E-state index in [0.29, 0.717) is 31.2 Å². The molecule has 2 aromatic carbocycles. The smallest absolute Gasteiger partial charge is 0.336 e. The van der Waals surface area contributed by atoms with Crippen LogP contribution in [0.5, 0.6) is 0 Å². The number of benzene rings is 2. The molecule has 0 saturated carbocycles. The summed E-state index contributed by atoms with van der Waals surface area (Å²) in [6, 6.07) is 11.2. The summed E-state index contributed by atoms with van der Waals surface area (Å²) in [6.45, 7) is 1.35. The van der Waals surface area contributed by atoms with Gasteiger partial charge in [-0.05, 0) is 48.0 Å². The molecule has 1 aliphatic heterocycles. The van der Waals surface area contributed by atoms with E-state index in [-0.39, 0.29) is 17.4 Å². The number of hydrogen-bond acceptors (Lipinski definition) is 2. The maximum atomic E-state index is 12.6. The third-order valence-corrected chi connectivity index (χ3v) is 4.88. The van der Waals surface area contributed by atoms with Gasteiger partial charge in [0.1, 0.15) is 0 Å². The lowest BCUT2D eigenvalue weighted by Crippen LogP contribution is -2.50. The van der Waals surface area contributed by atoms with Crippen molar-refractivity contribution in [2.45, 2.75) is 6.18 Å². The average molecular weight is 423 g/mol. The summed E-state index contributed by atoms with van der Waals surface area (Å²) in [6.07, 6.45) is -1.28. The monoisotopic (exact) mass is 422 g/mol. The number of carbonyl (C=O) groups excluding carboxylic acids is 2. The average Bonchev–Trinajstić information content (AvgIpc) is 2.72. The molecule has 1 saturated heterocycles. The van der Waals surface area contributed by atoms with E-state index in [1.165, 1.54) is 23.1 Å². The number of alkyl halides is 3. The van der Waals surface area contributed by atoms with Gasteiger partial charge in [0.25, 0.3) is 5.91 Å². The Labute approximate surface area is 171 Å². The first-order valence-electron chi connectivity index (χ1n) is 8.93. The van der Waals surface area contributed by atoms with E-state index < -0.39 is 11.7 Å². The van der Waals surface area contributed by atoms with E-state index in [1.807, 2.05) is 0 Å². The fourth-order valence-electron chi connectivity index (χ4n) is 2.96. The molecule has 0 spiro atoms. The van der Waals surface area contributed by atoms with E-state index in [4.69, 9.17) is 11.6 Å². The molecule has 4 nitrogen and oxygen atoms in total. The molecule has 3 rings (SSSR count). The topological polar surface area (TPSA) is 40.6 Å². The van der Waals surface area contributed by atoms with Gasteiger partial charge >= 0.3 is 6.18 Å². The molecule has 2 amide bonds. The Hall–Kier alpha value is -2.80. The summed E-state index contributed by atoms with van der Waals surface area (Å²) in [5, 5.41) is 0.613. The number of hydrogen-bond donors (Lipinski definition) is 0. The highest BCUT2D eigenvalue weighted by Gasteiger charge is 2.31. The Morgan fingerprint density at radius 1 is 0.862 bits per heavy atom. The molecule has 0 atom stereocenters. The molecule has 0 aliphatic carbocycles. The maximum Gasteiger partial charge on any atom is 0.416 e. The zero-order valence-electron chi connectivity index (χ0n) is 15.3. The van der Waals surface area contributed by atoms with Crippen molar-refractivity contribution in [2.75, 3.05) is 26.2 Å². The molecule has 0 N–H and O–H groups in total. The van der Waals surface area contributed by atoms with Gasteiger partial charge in [-0.2, -0.15) is 13.2 Å². The maximum absolute atomic E-state index is 12.6. The van der Waals surface area contributed by atoms with Crippen LogP contribution in [0.4, 0.5) is 13.2 Å². The summed E-state index contributed by atoms with van der Waals surface area (Å²) in [5.74, 6) is -0.510. The number of rotatable bonds is 3. The Morgan fingerprint density at radius 2 is 1.41 bits per heavy atom. The first-order valence-corrected chi connectivity index (χ1v) is 9.31. The standard InChI is InChI=1S/C21H18ClF3N2O2/c22-18-8-1-15(2-9-18)3-10-19(28)26-11-13-27(14-12-26)20(29)16-4-6-17(7-5-16)21(23,24)25/h1-10H,11-14H2/b10-3+. The summed E-state index contributed by atoms with van der Waals surface area (Å²) in [4.78, 5) is 28.0. The number of halogens is 4. The lowest BCUT2D eigenvalue weighted by molar-refractivity contribution is -0.137. The van der Waals surface area contributed by atoms with Crippen molar-refractivity contribution in [3.63, 3.8) is 0 Å². The van der Waals surface area contributed by atoms with Gasteiger partial charge in [0.2, 0.25) is 5.91 Å². The summed E-state index contributed by atoms with van der Waals surface area (Å²) < 4.78 is 37.9. The predicted molar refractivity (Wildman–Crippen MR) is 104 cm³/mol.